The van der Waals surface area contributed by atoms with Crippen LogP contribution in [0.1, 0.15) is 44.1 Å². The topological polar surface area (TPSA) is 72.5 Å². The molecular weight excluding hydrogens is 326 g/mol. The lowest BCUT2D eigenvalue weighted by atomic mass is 9.87. The van der Waals surface area contributed by atoms with E-state index in [0.29, 0.717) is 23.0 Å². The number of thioether (sulfide) groups is 1. The Kier molecular flexibility index (Phi) is 5.35. The number of ether oxygens (including phenoxy) is 1. The van der Waals surface area contributed by atoms with Crippen molar-refractivity contribution in [2.24, 2.45) is 5.92 Å². The highest BCUT2D eigenvalue weighted by atomic mass is 32.2. The lowest BCUT2D eigenvalue weighted by molar-refractivity contribution is -0.135. The van der Waals surface area contributed by atoms with Crippen LogP contribution in [0.25, 0.3) is 6.08 Å². The summed E-state index contributed by atoms with van der Waals surface area (Å²) in [6, 6.07) is 6.91. The molecule has 1 saturated heterocycles. The van der Waals surface area contributed by atoms with Crippen LogP contribution >= 0.6 is 11.8 Å². The molecule has 0 bridgehead atoms. The maximum Gasteiger partial charge on any atom is 0.311 e. The van der Waals surface area contributed by atoms with E-state index in [-0.39, 0.29) is 17.1 Å². The third-order valence-electron chi connectivity index (χ3n) is 4.23. The Bertz CT molecular complexity index is 675. The van der Waals surface area contributed by atoms with E-state index >= 15 is 0 Å². The molecule has 5 nitrogen and oxygen atoms in total. The minimum atomic E-state index is -0.381. The quantitative estimate of drug-likeness (QED) is 0.509. The van der Waals surface area contributed by atoms with E-state index in [4.69, 9.17) is 4.74 Å². The van der Waals surface area contributed by atoms with Gasteiger partial charge in [-0.25, -0.2) is 0 Å². The fourth-order valence-electron chi connectivity index (χ4n) is 3.00. The van der Waals surface area contributed by atoms with Crippen molar-refractivity contribution in [2.45, 2.75) is 38.5 Å². The number of carbonyl (C=O) groups is 3. The SMILES string of the molecule is O=C(CC1CCCCC1)Oc1ccc(C=C2SC(=O)NC2=O)cc1. The van der Waals surface area contributed by atoms with Gasteiger partial charge in [0.2, 0.25) is 0 Å². The van der Waals surface area contributed by atoms with Gasteiger partial charge in [0, 0.05) is 6.42 Å². The van der Waals surface area contributed by atoms with E-state index in [0.717, 1.165) is 30.2 Å². The molecule has 0 aromatic heterocycles. The monoisotopic (exact) mass is 345 g/mol. The highest BCUT2D eigenvalue weighted by molar-refractivity contribution is 8.18. The second-order valence-electron chi connectivity index (χ2n) is 6.10. The maximum absolute atomic E-state index is 12.0. The minimum absolute atomic E-state index is 0.190. The van der Waals surface area contributed by atoms with Crippen LogP contribution in [0.5, 0.6) is 5.75 Å². The van der Waals surface area contributed by atoms with Crippen LogP contribution < -0.4 is 10.1 Å². The van der Waals surface area contributed by atoms with Gasteiger partial charge in [-0.1, -0.05) is 31.4 Å². The van der Waals surface area contributed by atoms with Crippen molar-refractivity contribution in [3.05, 3.63) is 34.7 Å². The molecule has 6 heteroatoms. The van der Waals surface area contributed by atoms with Crippen LogP contribution in [-0.4, -0.2) is 17.1 Å². The van der Waals surface area contributed by atoms with Crippen LogP contribution in [0.15, 0.2) is 29.2 Å². The van der Waals surface area contributed by atoms with E-state index in [1.54, 1.807) is 30.3 Å². The molecule has 2 amide bonds. The van der Waals surface area contributed by atoms with Crippen LogP contribution in [0.2, 0.25) is 0 Å². The molecule has 0 spiro atoms. The van der Waals surface area contributed by atoms with E-state index in [2.05, 4.69) is 5.32 Å². The number of carbonyl (C=O) groups excluding carboxylic acids is 3. The lowest BCUT2D eigenvalue weighted by Crippen LogP contribution is -2.17. The predicted octanol–water partition coefficient (Wildman–Crippen LogP) is 3.89. The second kappa shape index (κ2) is 7.66. The number of imide groups is 1. The summed E-state index contributed by atoms with van der Waals surface area (Å²) in [7, 11) is 0. The van der Waals surface area contributed by atoms with E-state index < -0.39 is 0 Å². The zero-order valence-electron chi connectivity index (χ0n) is 13.2. The van der Waals surface area contributed by atoms with Gasteiger partial charge in [-0.15, -0.1) is 0 Å². The molecule has 1 aliphatic heterocycles. The van der Waals surface area contributed by atoms with Crippen LogP contribution in [0.3, 0.4) is 0 Å². The van der Waals surface area contributed by atoms with Gasteiger partial charge in [0.25, 0.3) is 11.1 Å². The summed E-state index contributed by atoms with van der Waals surface area (Å²) in [6.07, 6.45) is 8.01. The molecule has 1 saturated carbocycles. The van der Waals surface area contributed by atoms with Crippen molar-refractivity contribution >= 4 is 35.0 Å². The van der Waals surface area contributed by atoms with Gasteiger partial charge in [0.05, 0.1) is 4.91 Å². The molecule has 2 fully saturated rings. The van der Waals surface area contributed by atoms with E-state index in [9.17, 15) is 14.4 Å². The van der Waals surface area contributed by atoms with Crippen molar-refractivity contribution in [3.63, 3.8) is 0 Å². The largest absolute Gasteiger partial charge is 0.427 e. The van der Waals surface area contributed by atoms with E-state index in [1.807, 2.05) is 0 Å². The summed E-state index contributed by atoms with van der Waals surface area (Å²) >= 11 is 0.879. The van der Waals surface area contributed by atoms with Crippen molar-refractivity contribution < 1.29 is 19.1 Å². The molecule has 0 atom stereocenters. The number of hydrogen-bond acceptors (Lipinski definition) is 5. The van der Waals surface area contributed by atoms with Gasteiger partial charge in [0.1, 0.15) is 5.75 Å². The Labute approximate surface area is 144 Å². The number of nitrogens with one attached hydrogen (secondary N) is 1. The van der Waals surface area contributed by atoms with Crippen LogP contribution in [0.4, 0.5) is 4.79 Å². The molecule has 126 valence electrons. The van der Waals surface area contributed by atoms with Gasteiger partial charge in [-0.2, -0.15) is 0 Å². The molecule has 1 heterocycles. The smallest absolute Gasteiger partial charge is 0.311 e. The molecule has 1 N–H and O–H groups in total. The van der Waals surface area contributed by atoms with Crippen molar-refractivity contribution in [2.75, 3.05) is 0 Å². The number of hydrogen-bond donors (Lipinski definition) is 1. The van der Waals surface area contributed by atoms with Crippen LogP contribution in [0, 0.1) is 5.92 Å². The Morgan fingerprint density at radius 3 is 2.50 bits per heavy atom. The molecular formula is C18H19NO4S. The standard InChI is InChI=1S/C18H19NO4S/c20-16(11-12-4-2-1-3-5-12)23-14-8-6-13(7-9-14)10-15-17(21)19-18(22)24-15/h6-10,12H,1-5,11H2,(H,19,21,22). The summed E-state index contributed by atoms with van der Waals surface area (Å²) in [5, 5.41) is 1.85. The Morgan fingerprint density at radius 2 is 1.88 bits per heavy atom. The second-order valence-corrected chi connectivity index (χ2v) is 7.12. The lowest BCUT2D eigenvalue weighted by Gasteiger charge is -2.20. The third kappa shape index (κ3) is 4.47. The maximum atomic E-state index is 12.0. The highest BCUT2D eigenvalue weighted by Crippen LogP contribution is 2.28. The first-order valence-corrected chi connectivity index (χ1v) is 8.97. The zero-order valence-corrected chi connectivity index (χ0v) is 14.1. The van der Waals surface area contributed by atoms with E-state index in [1.165, 1.54) is 19.3 Å². The number of benzene rings is 1. The summed E-state index contributed by atoms with van der Waals surface area (Å²) in [5.41, 5.74) is 0.773. The van der Waals surface area contributed by atoms with Crippen molar-refractivity contribution in [1.29, 1.82) is 0 Å². The molecule has 1 aromatic rings. The Balaban J connectivity index is 1.56. The van der Waals surface area contributed by atoms with Gasteiger partial charge in [0.15, 0.2) is 0 Å². The van der Waals surface area contributed by atoms with Crippen molar-refractivity contribution in [3.8, 4) is 5.75 Å². The number of amides is 2. The van der Waals surface area contributed by atoms with Gasteiger partial charge >= 0.3 is 5.97 Å². The highest BCUT2D eigenvalue weighted by Gasteiger charge is 2.24. The Morgan fingerprint density at radius 1 is 1.17 bits per heavy atom. The molecule has 0 unspecified atom stereocenters. The minimum Gasteiger partial charge on any atom is -0.427 e. The summed E-state index contributed by atoms with van der Waals surface area (Å²) in [5.74, 6) is 0.376. The fourth-order valence-corrected chi connectivity index (χ4v) is 3.69. The first kappa shape index (κ1) is 16.8. The third-order valence-corrected chi connectivity index (χ3v) is 5.04. The molecule has 2 aliphatic rings. The molecule has 24 heavy (non-hydrogen) atoms. The summed E-state index contributed by atoms with van der Waals surface area (Å²) < 4.78 is 5.38. The van der Waals surface area contributed by atoms with Crippen molar-refractivity contribution in [1.82, 2.24) is 5.32 Å². The first-order chi connectivity index (χ1) is 11.6. The molecule has 0 radical (unpaired) electrons. The number of rotatable bonds is 4. The van der Waals surface area contributed by atoms with Gasteiger partial charge in [-0.05, 0) is 54.3 Å². The molecule has 1 aromatic carbocycles. The van der Waals surface area contributed by atoms with Gasteiger partial charge in [-0.3, -0.25) is 19.7 Å². The van der Waals surface area contributed by atoms with Crippen LogP contribution in [-0.2, 0) is 9.59 Å². The first-order valence-electron chi connectivity index (χ1n) is 8.16. The average molecular weight is 345 g/mol. The Hall–Kier alpha value is -2.08. The van der Waals surface area contributed by atoms with Gasteiger partial charge < -0.3 is 4.74 Å². The zero-order chi connectivity index (χ0) is 16.9. The average Bonchev–Trinajstić information content (AvgIpc) is 2.87. The number of esters is 1. The molecule has 3 rings (SSSR count). The normalized spacial score (nSPS) is 20.2. The predicted molar refractivity (Wildman–Crippen MR) is 92.4 cm³/mol. The summed E-state index contributed by atoms with van der Waals surface area (Å²) in [4.78, 5) is 35.0. The summed E-state index contributed by atoms with van der Waals surface area (Å²) in [6.45, 7) is 0. The molecule has 1 aliphatic carbocycles. The fraction of sp³-hybridized carbons (Fsp3) is 0.389.